The Hall–Kier alpha value is -1.20. The van der Waals surface area contributed by atoms with Crippen molar-refractivity contribution in [2.24, 2.45) is 7.05 Å². The predicted octanol–water partition coefficient (Wildman–Crippen LogP) is 1.89. The van der Waals surface area contributed by atoms with Crippen molar-refractivity contribution < 1.29 is 0 Å². The van der Waals surface area contributed by atoms with Gasteiger partial charge >= 0.3 is 0 Å². The average molecular weight is 281 g/mol. The molecule has 1 unspecified atom stereocenters. The van der Waals surface area contributed by atoms with Crippen LogP contribution in [0.25, 0.3) is 0 Å². The van der Waals surface area contributed by atoms with E-state index in [1.807, 2.05) is 38.5 Å². The monoisotopic (exact) mass is 280 g/mol. The number of hydrogen-bond donors (Lipinski definition) is 1. The number of halogens is 1. The van der Waals surface area contributed by atoms with E-state index in [1.165, 1.54) is 0 Å². The summed E-state index contributed by atoms with van der Waals surface area (Å²) < 4.78 is 2.77. The van der Waals surface area contributed by atoms with Gasteiger partial charge in [0.1, 0.15) is 0 Å². The van der Waals surface area contributed by atoms with Gasteiger partial charge in [0.05, 0.1) is 17.4 Å². The van der Waals surface area contributed by atoms with Gasteiger partial charge in [0, 0.05) is 23.9 Å². The first kappa shape index (κ1) is 11.3. The molecule has 0 amide bonds. The number of nitrogens with one attached hydrogen (secondary N) is 1. The molecule has 2 aromatic rings. The quantitative estimate of drug-likeness (QED) is 0.934. The largest absolute Gasteiger partial charge is 0.307 e. The zero-order chi connectivity index (χ0) is 11.5. The Balaban J connectivity index is 2.40. The van der Waals surface area contributed by atoms with Crippen LogP contribution in [0.3, 0.4) is 0 Å². The molecule has 16 heavy (non-hydrogen) atoms. The van der Waals surface area contributed by atoms with E-state index in [0.717, 1.165) is 15.9 Å². The molecule has 0 radical (unpaired) electrons. The van der Waals surface area contributed by atoms with Crippen LogP contribution >= 0.6 is 15.9 Å². The number of aryl methyl sites for hydroxylation is 1. The van der Waals surface area contributed by atoms with E-state index in [-0.39, 0.29) is 6.04 Å². The molecule has 0 aliphatic rings. The molecule has 2 heterocycles. The number of pyridine rings is 1. The second-order valence-corrected chi connectivity index (χ2v) is 4.36. The molecule has 0 saturated heterocycles. The van der Waals surface area contributed by atoms with Gasteiger partial charge in [-0.15, -0.1) is 0 Å². The fourth-order valence-corrected chi connectivity index (χ4v) is 2.11. The number of hydrogen-bond acceptors (Lipinski definition) is 3. The summed E-state index contributed by atoms with van der Waals surface area (Å²) in [5.41, 5.74) is 1.91. The highest BCUT2D eigenvalue weighted by molar-refractivity contribution is 9.10. The highest BCUT2D eigenvalue weighted by Gasteiger charge is 2.18. The molecule has 0 bridgehead atoms. The summed E-state index contributed by atoms with van der Waals surface area (Å²) in [6.07, 6.45) is 3.71. The standard InChI is InChI=1S/C11H13BrN4/c1-13-11(9-5-7-16(2)15-9)10-8(12)4-3-6-14-10/h3-7,11,13H,1-2H3. The summed E-state index contributed by atoms with van der Waals surface area (Å²) >= 11 is 3.50. The van der Waals surface area contributed by atoms with Crippen molar-refractivity contribution in [1.82, 2.24) is 20.1 Å². The SMILES string of the molecule is CNC(c1ccn(C)n1)c1ncccc1Br. The van der Waals surface area contributed by atoms with Gasteiger partial charge < -0.3 is 5.32 Å². The number of aromatic nitrogens is 3. The van der Waals surface area contributed by atoms with Crippen LogP contribution in [0.4, 0.5) is 0 Å². The van der Waals surface area contributed by atoms with Crippen LogP contribution < -0.4 is 5.32 Å². The summed E-state index contributed by atoms with van der Waals surface area (Å²) in [4.78, 5) is 4.38. The molecular weight excluding hydrogens is 268 g/mol. The zero-order valence-electron chi connectivity index (χ0n) is 9.18. The van der Waals surface area contributed by atoms with Crippen molar-refractivity contribution in [2.75, 3.05) is 7.05 Å². The number of nitrogens with zero attached hydrogens (tertiary/aromatic N) is 3. The second kappa shape index (κ2) is 4.76. The van der Waals surface area contributed by atoms with Crippen LogP contribution in [0, 0.1) is 0 Å². The van der Waals surface area contributed by atoms with Gasteiger partial charge in [-0.05, 0) is 41.2 Å². The molecule has 0 saturated carbocycles. The van der Waals surface area contributed by atoms with Gasteiger partial charge in [-0.2, -0.15) is 5.10 Å². The minimum Gasteiger partial charge on any atom is -0.307 e. The molecule has 5 heteroatoms. The predicted molar refractivity (Wildman–Crippen MR) is 66.0 cm³/mol. The van der Waals surface area contributed by atoms with Crippen LogP contribution in [0.15, 0.2) is 35.1 Å². The zero-order valence-corrected chi connectivity index (χ0v) is 10.8. The molecule has 0 fully saturated rings. The van der Waals surface area contributed by atoms with Gasteiger partial charge in [0.15, 0.2) is 0 Å². The van der Waals surface area contributed by atoms with Crippen LogP contribution in [0.1, 0.15) is 17.4 Å². The first-order valence-corrected chi connectivity index (χ1v) is 5.79. The smallest absolute Gasteiger partial charge is 0.0952 e. The molecular formula is C11H13BrN4. The molecule has 4 nitrogen and oxygen atoms in total. The highest BCUT2D eigenvalue weighted by Crippen LogP contribution is 2.24. The third kappa shape index (κ3) is 2.15. The highest BCUT2D eigenvalue weighted by atomic mass is 79.9. The Bertz CT molecular complexity index is 480. The first-order valence-electron chi connectivity index (χ1n) is 4.99. The summed E-state index contributed by atoms with van der Waals surface area (Å²) in [6.45, 7) is 0. The van der Waals surface area contributed by atoms with Gasteiger partial charge in [-0.1, -0.05) is 0 Å². The van der Waals surface area contributed by atoms with Crippen molar-refractivity contribution in [3.05, 3.63) is 46.5 Å². The molecule has 1 N–H and O–H groups in total. The fourth-order valence-electron chi connectivity index (χ4n) is 1.62. The first-order chi connectivity index (χ1) is 7.72. The molecule has 84 valence electrons. The Kier molecular flexibility index (Phi) is 3.36. The number of rotatable bonds is 3. The van der Waals surface area contributed by atoms with E-state index < -0.39 is 0 Å². The summed E-state index contributed by atoms with van der Waals surface area (Å²) in [5, 5.41) is 7.61. The van der Waals surface area contributed by atoms with E-state index in [0.29, 0.717) is 0 Å². The third-order valence-electron chi connectivity index (χ3n) is 2.38. The van der Waals surface area contributed by atoms with Crippen LogP contribution in [-0.4, -0.2) is 21.8 Å². The summed E-state index contributed by atoms with van der Waals surface area (Å²) in [6, 6.07) is 5.88. The molecule has 2 aromatic heterocycles. The molecule has 1 atom stereocenters. The molecule has 0 spiro atoms. The van der Waals surface area contributed by atoms with Crippen molar-refractivity contribution in [3.63, 3.8) is 0 Å². The van der Waals surface area contributed by atoms with Gasteiger partial charge in [0.25, 0.3) is 0 Å². The minimum atomic E-state index is 0.0109. The van der Waals surface area contributed by atoms with Crippen LogP contribution in [-0.2, 0) is 7.05 Å². The lowest BCUT2D eigenvalue weighted by Crippen LogP contribution is -2.20. The molecule has 2 rings (SSSR count). The van der Waals surface area contributed by atoms with Gasteiger partial charge in [-0.25, -0.2) is 0 Å². The third-order valence-corrected chi connectivity index (χ3v) is 3.05. The normalized spacial score (nSPS) is 12.7. The summed E-state index contributed by atoms with van der Waals surface area (Å²) in [5.74, 6) is 0. The van der Waals surface area contributed by atoms with Crippen LogP contribution in [0.5, 0.6) is 0 Å². The Morgan fingerprint density at radius 2 is 2.25 bits per heavy atom. The maximum absolute atomic E-state index is 4.39. The maximum Gasteiger partial charge on any atom is 0.0952 e. The fraction of sp³-hybridized carbons (Fsp3) is 0.273. The van der Waals surface area contributed by atoms with E-state index in [4.69, 9.17) is 0 Å². The van der Waals surface area contributed by atoms with Gasteiger partial charge in [0.2, 0.25) is 0 Å². The minimum absolute atomic E-state index is 0.0109. The maximum atomic E-state index is 4.39. The van der Waals surface area contributed by atoms with E-state index in [1.54, 1.807) is 10.9 Å². The lowest BCUT2D eigenvalue weighted by molar-refractivity contribution is 0.625. The van der Waals surface area contributed by atoms with E-state index in [2.05, 4.69) is 31.3 Å². The van der Waals surface area contributed by atoms with Crippen molar-refractivity contribution >= 4 is 15.9 Å². The van der Waals surface area contributed by atoms with Crippen molar-refractivity contribution in [2.45, 2.75) is 6.04 Å². The van der Waals surface area contributed by atoms with E-state index in [9.17, 15) is 0 Å². The lowest BCUT2D eigenvalue weighted by Gasteiger charge is -2.14. The average Bonchev–Trinajstić information content (AvgIpc) is 2.69. The summed E-state index contributed by atoms with van der Waals surface area (Å²) in [7, 11) is 3.81. The Morgan fingerprint density at radius 1 is 1.44 bits per heavy atom. The topological polar surface area (TPSA) is 42.7 Å². The Morgan fingerprint density at radius 3 is 2.81 bits per heavy atom. The lowest BCUT2D eigenvalue weighted by atomic mass is 10.1. The molecule has 0 aromatic carbocycles. The van der Waals surface area contributed by atoms with Crippen molar-refractivity contribution in [1.29, 1.82) is 0 Å². The Labute approximate surface area is 103 Å². The van der Waals surface area contributed by atoms with Crippen molar-refractivity contribution in [3.8, 4) is 0 Å². The second-order valence-electron chi connectivity index (χ2n) is 3.51. The van der Waals surface area contributed by atoms with E-state index >= 15 is 0 Å². The van der Waals surface area contributed by atoms with Gasteiger partial charge in [-0.3, -0.25) is 9.67 Å². The molecule has 0 aliphatic heterocycles. The molecule has 0 aliphatic carbocycles. The van der Waals surface area contributed by atoms with Crippen LogP contribution in [0.2, 0.25) is 0 Å².